The number of sulfonamides is 1. The zero-order valence-electron chi connectivity index (χ0n) is 10.8. The van der Waals surface area contributed by atoms with Gasteiger partial charge in [-0.2, -0.15) is 0 Å². The Labute approximate surface area is 122 Å². The topological polar surface area (TPSA) is 84.5 Å². The molecule has 1 heterocycles. The summed E-state index contributed by atoms with van der Waals surface area (Å²) in [5, 5.41) is 0.346. The fraction of sp³-hybridized carbons (Fsp3) is 0.417. The first-order valence-corrected chi connectivity index (χ1v) is 7.96. The van der Waals surface area contributed by atoms with Crippen LogP contribution in [-0.2, 0) is 19.6 Å². The van der Waals surface area contributed by atoms with Gasteiger partial charge in [0, 0.05) is 11.6 Å². The Morgan fingerprint density at radius 1 is 1.45 bits per heavy atom. The van der Waals surface area contributed by atoms with E-state index in [1.54, 1.807) is 13.0 Å². The number of carbonyl (C=O) groups excluding carboxylic acids is 1. The maximum atomic E-state index is 12.1. The first-order chi connectivity index (χ1) is 9.42. The molecule has 1 aromatic carbocycles. The number of carbonyl (C=O) groups is 1. The average Bonchev–Trinajstić information content (AvgIpc) is 2.93. The van der Waals surface area contributed by atoms with Gasteiger partial charge in [0.1, 0.15) is 6.10 Å². The summed E-state index contributed by atoms with van der Waals surface area (Å²) < 4.78 is 29.4. The highest BCUT2D eigenvalue weighted by atomic mass is 35.5. The second-order valence-electron chi connectivity index (χ2n) is 4.46. The van der Waals surface area contributed by atoms with Crippen LogP contribution in [0.1, 0.15) is 18.4 Å². The molecule has 1 amide bonds. The van der Waals surface area contributed by atoms with E-state index in [1.807, 2.05) is 0 Å². The Hall–Kier alpha value is -1.15. The second-order valence-corrected chi connectivity index (χ2v) is 6.52. The van der Waals surface area contributed by atoms with E-state index in [4.69, 9.17) is 16.3 Å². The molecule has 0 radical (unpaired) electrons. The lowest BCUT2D eigenvalue weighted by Crippen LogP contribution is -2.46. The minimum Gasteiger partial charge on any atom is -0.368 e. The van der Waals surface area contributed by atoms with E-state index in [0.717, 1.165) is 6.42 Å². The van der Waals surface area contributed by atoms with Crippen molar-refractivity contribution in [2.45, 2.75) is 30.8 Å². The van der Waals surface area contributed by atoms with Crippen LogP contribution in [0, 0.1) is 6.92 Å². The lowest BCUT2D eigenvalue weighted by molar-refractivity contribution is -0.130. The molecule has 1 unspecified atom stereocenters. The first kappa shape index (κ1) is 15.2. The third-order valence-corrected chi connectivity index (χ3v) is 4.84. The Balaban J connectivity index is 2.07. The fourth-order valence-electron chi connectivity index (χ4n) is 1.92. The van der Waals surface area contributed by atoms with Crippen LogP contribution in [0.4, 0.5) is 0 Å². The molecule has 1 aliphatic heterocycles. The molecule has 1 aliphatic rings. The summed E-state index contributed by atoms with van der Waals surface area (Å²) >= 11 is 5.89. The normalized spacial score (nSPS) is 19.0. The maximum Gasteiger partial charge on any atom is 0.264 e. The first-order valence-electron chi connectivity index (χ1n) is 6.10. The van der Waals surface area contributed by atoms with Crippen molar-refractivity contribution in [2.24, 2.45) is 0 Å². The molecular weight excluding hydrogens is 304 g/mol. The molecule has 1 saturated heterocycles. The van der Waals surface area contributed by atoms with Crippen LogP contribution in [0.2, 0.25) is 5.02 Å². The van der Waals surface area contributed by atoms with Gasteiger partial charge in [0.15, 0.2) is 0 Å². The number of amides is 1. The van der Waals surface area contributed by atoms with Gasteiger partial charge >= 0.3 is 0 Å². The standard InChI is InChI=1S/C12H15ClN2O4S/c1-8-9(13)4-2-6-11(8)20(17,18)15-14-12(16)10-5-3-7-19-10/h2,4,6,10,15H,3,5,7H2,1H3,(H,14,16). The summed E-state index contributed by atoms with van der Waals surface area (Å²) in [4.78, 5) is 13.8. The SMILES string of the molecule is Cc1c(Cl)cccc1S(=O)(=O)NNC(=O)C1CCCO1. The van der Waals surface area contributed by atoms with Gasteiger partial charge in [0.05, 0.1) is 4.90 Å². The highest BCUT2D eigenvalue weighted by Crippen LogP contribution is 2.22. The Kier molecular flexibility index (Phi) is 4.64. The molecule has 1 aromatic rings. The minimum absolute atomic E-state index is 0.0256. The van der Waals surface area contributed by atoms with Crippen LogP contribution < -0.4 is 10.3 Å². The van der Waals surface area contributed by atoms with E-state index in [9.17, 15) is 13.2 Å². The van der Waals surface area contributed by atoms with Crippen molar-refractivity contribution < 1.29 is 17.9 Å². The van der Waals surface area contributed by atoms with Crippen molar-refractivity contribution in [1.29, 1.82) is 0 Å². The van der Waals surface area contributed by atoms with Crippen LogP contribution in [0.15, 0.2) is 23.1 Å². The Morgan fingerprint density at radius 2 is 2.20 bits per heavy atom. The molecule has 0 aromatic heterocycles. The molecule has 0 saturated carbocycles. The smallest absolute Gasteiger partial charge is 0.264 e. The second kappa shape index (κ2) is 6.09. The van der Waals surface area contributed by atoms with Gasteiger partial charge in [-0.1, -0.05) is 17.7 Å². The van der Waals surface area contributed by atoms with Crippen LogP contribution in [0.3, 0.4) is 0 Å². The third-order valence-electron chi connectivity index (χ3n) is 3.04. The van der Waals surface area contributed by atoms with E-state index >= 15 is 0 Å². The van der Waals surface area contributed by atoms with Gasteiger partial charge in [-0.3, -0.25) is 10.2 Å². The highest BCUT2D eigenvalue weighted by Gasteiger charge is 2.25. The minimum atomic E-state index is -3.86. The molecule has 0 spiro atoms. The molecule has 1 fully saturated rings. The van der Waals surface area contributed by atoms with E-state index in [2.05, 4.69) is 10.3 Å². The third kappa shape index (κ3) is 3.29. The number of hydrogen-bond acceptors (Lipinski definition) is 4. The molecule has 2 N–H and O–H groups in total. The van der Waals surface area contributed by atoms with Gasteiger partial charge in [-0.25, -0.2) is 8.42 Å². The summed E-state index contributed by atoms with van der Waals surface area (Å²) in [6.45, 7) is 2.11. The number of benzene rings is 1. The van der Waals surface area contributed by atoms with E-state index in [-0.39, 0.29) is 4.90 Å². The molecule has 6 nitrogen and oxygen atoms in total. The largest absolute Gasteiger partial charge is 0.368 e. The van der Waals surface area contributed by atoms with Crippen LogP contribution in [0.25, 0.3) is 0 Å². The van der Waals surface area contributed by atoms with Gasteiger partial charge in [0.2, 0.25) is 0 Å². The van der Waals surface area contributed by atoms with Crippen LogP contribution in [0.5, 0.6) is 0 Å². The summed E-state index contributed by atoms with van der Waals surface area (Å²) in [6.07, 6.45) is 0.778. The summed E-state index contributed by atoms with van der Waals surface area (Å²) in [7, 11) is -3.86. The summed E-state index contributed by atoms with van der Waals surface area (Å²) in [5.41, 5.74) is 2.59. The van der Waals surface area contributed by atoms with Crippen molar-refractivity contribution in [1.82, 2.24) is 10.3 Å². The fourth-order valence-corrected chi connectivity index (χ4v) is 3.26. The van der Waals surface area contributed by atoms with Gasteiger partial charge in [0.25, 0.3) is 15.9 Å². The Morgan fingerprint density at radius 3 is 2.85 bits per heavy atom. The predicted octanol–water partition coefficient (Wildman–Crippen LogP) is 1.14. The van der Waals surface area contributed by atoms with Crippen molar-refractivity contribution in [3.8, 4) is 0 Å². The number of nitrogens with one attached hydrogen (secondary N) is 2. The molecule has 2 rings (SSSR count). The van der Waals surface area contributed by atoms with Crippen molar-refractivity contribution >= 4 is 27.5 Å². The molecule has 110 valence electrons. The highest BCUT2D eigenvalue weighted by molar-refractivity contribution is 7.89. The lowest BCUT2D eigenvalue weighted by atomic mass is 10.2. The predicted molar refractivity (Wildman–Crippen MR) is 73.6 cm³/mol. The number of halogens is 1. The van der Waals surface area contributed by atoms with Crippen LogP contribution in [-0.4, -0.2) is 27.0 Å². The zero-order valence-corrected chi connectivity index (χ0v) is 12.4. The van der Waals surface area contributed by atoms with Crippen LogP contribution >= 0.6 is 11.6 Å². The lowest BCUT2D eigenvalue weighted by Gasteiger charge is -2.13. The number of hydrogen-bond donors (Lipinski definition) is 2. The van der Waals surface area contributed by atoms with E-state index in [1.165, 1.54) is 12.1 Å². The molecular formula is C12H15ClN2O4S. The molecule has 0 bridgehead atoms. The van der Waals surface area contributed by atoms with Crippen molar-refractivity contribution in [3.63, 3.8) is 0 Å². The molecule has 1 atom stereocenters. The number of rotatable bonds is 4. The molecule has 0 aliphatic carbocycles. The average molecular weight is 319 g/mol. The maximum absolute atomic E-state index is 12.1. The summed E-state index contributed by atoms with van der Waals surface area (Å²) in [6, 6.07) is 4.55. The monoisotopic (exact) mass is 318 g/mol. The molecule has 8 heteroatoms. The number of ether oxygens (including phenoxy) is 1. The van der Waals surface area contributed by atoms with Gasteiger partial charge < -0.3 is 4.74 Å². The van der Waals surface area contributed by atoms with E-state index < -0.39 is 22.0 Å². The van der Waals surface area contributed by atoms with Gasteiger partial charge in [-0.15, -0.1) is 4.83 Å². The zero-order chi connectivity index (χ0) is 14.8. The quantitative estimate of drug-likeness (QED) is 0.815. The van der Waals surface area contributed by atoms with E-state index in [0.29, 0.717) is 23.6 Å². The Bertz CT molecular complexity index is 612. The van der Waals surface area contributed by atoms with Crippen molar-refractivity contribution in [2.75, 3.05) is 6.61 Å². The molecule has 20 heavy (non-hydrogen) atoms. The number of hydrazine groups is 1. The summed E-state index contributed by atoms with van der Waals surface area (Å²) in [5.74, 6) is -0.495. The van der Waals surface area contributed by atoms with Gasteiger partial charge in [-0.05, 0) is 37.5 Å². The van der Waals surface area contributed by atoms with Crippen molar-refractivity contribution in [3.05, 3.63) is 28.8 Å².